The summed E-state index contributed by atoms with van der Waals surface area (Å²) in [6, 6.07) is 20.6. The number of hydrogen-bond donors (Lipinski definition) is 0. The number of carbonyl (C=O) groups excluding carboxylic acids is 2. The van der Waals surface area contributed by atoms with Gasteiger partial charge in [-0.1, -0.05) is 42.5 Å². The molecule has 26 heavy (non-hydrogen) atoms. The lowest BCUT2D eigenvalue weighted by Crippen LogP contribution is -2.04. The van der Waals surface area contributed by atoms with Gasteiger partial charge in [0, 0.05) is 11.8 Å². The highest BCUT2D eigenvalue weighted by Gasteiger charge is 2.21. The Kier molecular flexibility index (Phi) is 4.01. The second kappa shape index (κ2) is 6.48. The number of aromatic nitrogens is 1. The van der Waals surface area contributed by atoms with Gasteiger partial charge in [0.05, 0.1) is 23.4 Å². The Morgan fingerprint density at radius 3 is 2.50 bits per heavy atom. The summed E-state index contributed by atoms with van der Waals surface area (Å²) in [5.41, 5.74) is 2.09. The van der Waals surface area contributed by atoms with Crippen LogP contribution in [-0.4, -0.2) is 22.8 Å². The molecule has 0 spiro atoms. The Labute approximate surface area is 150 Å². The van der Waals surface area contributed by atoms with E-state index in [0.29, 0.717) is 22.3 Å². The monoisotopic (exact) mass is 343 g/mol. The number of carbonyl (C=O) groups is 2. The Bertz CT molecular complexity index is 1140. The molecule has 0 radical (unpaired) electrons. The highest BCUT2D eigenvalue weighted by molar-refractivity contribution is 6.12. The van der Waals surface area contributed by atoms with Crippen molar-refractivity contribution < 1.29 is 14.3 Å². The van der Waals surface area contributed by atoms with Crippen LogP contribution in [0.1, 0.15) is 33.3 Å². The zero-order valence-corrected chi connectivity index (χ0v) is 14.3. The third-order valence-corrected chi connectivity index (χ3v) is 4.42. The van der Waals surface area contributed by atoms with Crippen LogP contribution >= 0.6 is 0 Å². The van der Waals surface area contributed by atoms with Crippen LogP contribution in [0.4, 0.5) is 0 Å². The Balaban J connectivity index is 1.84. The van der Waals surface area contributed by atoms with Crippen LogP contribution < -0.4 is 0 Å². The van der Waals surface area contributed by atoms with Crippen molar-refractivity contribution in [3.05, 3.63) is 89.7 Å². The van der Waals surface area contributed by atoms with Gasteiger partial charge in [0.25, 0.3) is 0 Å². The Morgan fingerprint density at radius 1 is 0.923 bits per heavy atom. The van der Waals surface area contributed by atoms with Gasteiger partial charge in [-0.05, 0) is 42.0 Å². The molecule has 4 rings (SSSR count). The molecule has 0 amide bonds. The van der Waals surface area contributed by atoms with Crippen molar-refractivity contribution in [2.45, 2.75) is 6.92 Å². The largest absolute Gasteiger partial charge is 0.462 e. The minimum Gasteiger partial charge on any atom is -0.462 e. The van der Waals surface area contributed by atoms with Crippen molar-refractivity contribution in [1.29, 1.82) is 0 Å². The predicted octanol–water partition coefficient (Wildman–Crippen LogP) is 4.50. The van der Waals surface area contributed by atoms with Crippen molar-refractivity contribution in [3.8, 4) is 0 Å². The molecule has 0 aliphatic heterocycles. The number of esters is 1. The summed E-state index contributed by atoms with van der Waals surface area (Å²) >= 11 is 0. The molecule has 0 fully saturated rings. The summed E-state index contributed by atoms with van der Waals surface area (Å²) in [7, 11) is 0. The van der Waals surface area contributed by atoms with Crippen LogP contribution in [0, 0.1) is 0 Å². The maximum absolute atomic E-state index is 13.1. The zero-order valence-electron chi connectivity index (χ0n) is 14.3. The van der Waals surface area contributed by atoms with Crippen molar-refractivity contribution in [1.82, 2.24) is 4.40 Å². The molecule has 2 heterocycles. The van der Waals surface area contributed by atoms with E-state index in [-0.39, 0.29) is 12.4 Å². The summed E-state index contributed by atoms with van der Waals surface area (Å²) in [5, 5.41) is 2.08. The second-order valence-electron chi connectivity index (χ2n) is 6.01. The van der Waals surface area contributed by atoms with Crippen LogP contribution in [0.25, 0.3) is 16.3 Å². The minimum absolute atomic E-state index is 0.132. The molecular weight excluding hydrogens is 326 g/mol. The normalized spacial score (nSPS) is 11.0. The van der Waals surface area contributed by atoms with E-state index < -0.39 is 5.97 Å². The van der Waals surface area contributed by atoms with E-state index >= 15 is 0 Å². The number of nitrogens with zero attached hydrogens (tertiary/aromatic N) is 1. The van der Waals surface area contributed by atoms with Crippen LogP contribution in [0.3, 0.4) is 0 Å². The standard InChI is InChI=1S/C22H17NO3/c1-2-26-22(25)18-14-20(23-12-6-5-9-19(18)23)21(24)17-11-10-15-7-3-4-8-16(15)13-17/h3-14H,2H2,1H3. The van der Waals surface area contributed by atoms with Crippen molar-refractivity contribution >= 4 is 28.0 Å². The first-order valence-electron chi connectivity index (χ1n) is 8.49. The summed E-state index contributed by atoms with van der Waals surface area (Å²) in [6.45, 7) is 2.05. The lowest BCUT2D eigenvalue weighted by molar-refractivity contribution is 0.0529. The van der Waals surface area contributed by atoms with Gasteiger partial charge in [0.2, 0.25) is 5.78 Å². The van der Waals surface area contributed by atoms with E-state index in [1.807, 2.05) is 60.7 Å². The Hall–Kier alpha value is -3.40. The van der Waals surface area contributed by atoms with Crippen molar-refractivity contribution in [2.75, 3.05) is 6.61 Å². The fourth-order valence-electron chi connectivity index (χ4n) is 3.18. The second-order valence-corrected chi connectivity index (χ2v) is 6.01. The summed E-state index contributed by atoms with van der Waals surface area (Å²) in [4.78, 5) is 25.4. The maximum Gasteiger partial charge on any atom is 0.340 e. The van der Waals surface area contributed by atoms with Gasteiger partial charge in [-0.2, -0.15) is 0 Å². The van der Waals surface area contributed by atoms with E-state index in [1.165, 1.54) is 0 Å². The van der Waals surface area contributed by atoms with Crippen LogP contribution in [0.5, 0.6) is 0 Å². The molecule has 0 atom stereocenters. The molecule has 2 aromatic carbocycles. The molecule has 0 saturated heterocycles. The van der Waals surface area contributed by atoms with Gasteiger partial charge in [-0.25, -0.2) is 4.79 Å². The maximum atomic E-state index is 13.1. The smallest absolute Gasteiger partial charge is 0.340 e. The van der Waals surface area contributed by atoms with E-state index in [9.17, 15) is 9.59 Å². The van der Waals surface area contributed by atoms with E-state index in [4.69, 9.17) is 4.74 Å². The van der Waals surface area contributed by atoms with Crippen LogP contribution in [-0.2, 0) is 4.74 Å². The fourth-order valence-corrected chi connectivity index (χ4v) is 3.18. The quantitative estimate of drug-likeness (QED) is 0.405. The SMILES string of the molecule is CCOC(=O)c1cc(C(=O)c2ccc3ccccc3c2)n2ccccc12. The number of benzene rings is 2. The van der Waals surface area contributed by atoms with Crippen molar-refractivity contribution in [3.63, 3.8) is 0 Å². The number of ether oxygens (including phenoxy) is 1. The highest BCUT2D eigenvalue weighted by Crippen LogP contribution is 2.23. The third kappa shape index (κ3) is 2.65. The molecule has 128 valence electrons. The predicted molar refractivity (Wildman–Crippen MR) is 101 cm³/mol. The number of ketones is 1. The average Bonchev–Trinajstić information content (AvgIpc) is 3.07. The summed E-state index contributed by atoms with van der Waals surface area (Å²) in [6.07, 6.45) is 1.78. The summed E-state index contributed by atoms with van der Waals surface area (Å²) < 4.78 is 6.87. The number of fused-ring (bicyclic) bond motifs is 2. The first-order valence-corrected chi connectivity index (χ1v) is 8.49. The van der Waals surface area contributed by atoms with E-state index in [1.54, 1.807) is 23.6 Å². The molecular formula is C22H17NO3. The molecule has 4 aromatic rings. The molecule has 4 nitrogen and oxygen atoms in total. The lowest BCUT2D eigenvalue weighted by atomic mass is 10.0. The third-order valence-electron chi connectivity index (χ3n) is 4.42. The van der Waals surface area contributed by atoms with E-state index in [0.717, 1.165) is 10.8 Å². The molecule has 0 aliphatic rings. The fraction of sp³-hybridized carbons (Fsp3) is 0.0909. The first kappa shape index (κ1) is 16.1. The highest BCUT2D eigenvalue weighted by atomic mass is 16.5. The number of hydrogen-bond acceptors (Lipinski definition) is 3. The molecule has 0 unspecified atom stereocenters. The summed E-state index contributed by atoms with van der Waals surface area (Å²) in [5.74, 6) is -0.554. The van der Waals surface area contributed by atoms with Crippen LogP contribution in [0.2, 0.25) is 0 Å². The molecule has 0 saturated carbocycles. The van der Waals surface area contributed by atoms with Gasteiger partial charge in [0.1, 0.15) is 0 Å². The molecule has 2 aromatic heterocycles. The first-order chi connectivity index (χ1) is 12.7. The Morgan fingerprint density at radius 2 is 1.69 bits per heavy atom. The van der Waals surface area contributed by atoms with Crippen molar-refractivity contribution in [2.24, 2.45) is 0 Å². The van der Waals surface area contributed by atoms with E-state index in [2.05, 4.69) is 0 Å². The van der Waals surface area contributed by atoms with Gasteiger partial charge >= 0.3 is 5.97 Å². The average molecular weight is 343 g/mol. The zero-order chi connectivity index (χ0) is 18.1. The molecule has 4 heteroatoms. The minimum atomic E-state index is -0.422. The molecule has 0 bridgehead atoms. The topological polar surface area (TPSA) is 47.8 Å². The van der Waals surface area contributed by atoms with Crippen LogP contribution in [0.15, 0.2) is 72.9 Å². The van der Waals surface area contributed by atoms with Gasteiger partial charge in [0.15, 0.2) is 0 Å². The van der Waals surface area contributed by atoms with Gasteiger partial charge < -0.3 is 9.14 Å². The van der Waals surface area contributed by atoms with Gasteiger partial charge in [-0.3, -0.25) is 4.79 Å². The van der Waals surface area contributed by atoms with Gasteiger partial charge in [-0.15, -0.1) is 0 Å². The number of pyridine rings is 1. The molecule has 0 aliphatic carbocycles. The molecule has 0 N–H and O–H groups in total. The number of rotatable bonds is 4. The lowest BCUT2D eigenvalue weighted by Gasteiger charge is -2.04.